The first-order valence-electron chi connectivity index (χ1n) is 8.91. The molecule has 6 heteroatoms. The van der Waals surface area contributed by atoms with Gasteiger partial charge in [0, 0.05) is 24.5 Å². The number of rotatable bonds is 5. The molecule has 5 nitrogen and oxygen atoms in total. The second-order valence-corrected chi connectivity index (χ2v) is 8.63. The number of hydrogen-bond acceptors (Lipinski definition) is 4. The smallest absolute Gasteiger partial charge is 0.265 e. The lowest BCUT2D eigenvalue weighted by Gasteiger charge is -2.32. The average Bonchev–Trinajstić information content (AvgIpc) is 2.63. The van der Waals surface area contributed by atoms with Crippen LogP contribution in [0.1, 0.15) is 25.3 Å². The third-order valence-corrected chi connectivity index (χ3v) is 6.28. The van der Waals surface area contributed by atoms with Crippen LogP contribution < -0.4 is 14.4 Å². The summed E-state index contributed by atoms with van der Waals surface area (Å²) in [5.41, 5.74) is 2.54. The minimum atomic E-state index is -3.71. The van der Waals surface area contributed by atoms with E-state index < -0.39 is 10.0 Å². The van der Waals surface area contributed by atoms with Crippen LogP contribution in [0.25, 0.3) is 0 Å². The molecule has 2 aromatic rings. The monoisotopic (exact) mass is 374 g/mol. The first kappa shape index (κ1) is 18.6. The van der Waals surface area contributed by atoms with Crippen molar-refractivity contribution < 1.29 is 13.2 Å². The molecule has 1 heterocycles. The number of hydrogen-bond donors (Lipinski definition) is 1. The van der Waals surface area contributed by atoms with E-state index in [1.807, 2.05) is 37.3 Å². The van der Waals surface area contributed by atoms with Gasteiger partial charge in [-0.25, -0.2) is 8.42 Å². The Morgan fingerprint density at radius 1 is 1.08 bits per heavy atom. The minimum Gasteiger partial charge on any atom is -0.495 e. The average molecular weight is 375 g/mol. The van der Waals surface area contributed by atoms with Gasteiger partial charge >= 0.3 is 0 Å². The van der Waals surface area contributed by atoms with Gasteiger partial charge in [-0.05, 0) is 67.6 Å². The molecule has 3 rings (SSSR count). The van der Waals surface area contributed by atoms with Crippen LogP contribution in [0.3, 0.4) is 0 Å². The molecule has 140 valence electrons. The van der Waals surface area contributed by atoms with E-state index in [9.17, 15) is 8.42 Å². The molecule has 26 heavy (non-hydrogen) atoms. The number of piperidine rings is 1. The molecule has 0 bridgehead atoms. The summed E-state index contributed by atoms with van der Waals surface area (Å²) in [7, 11) is -2.24. The van der Waals surface area contributed by atoms with Gasteiger partial charge in [0.05, 0.1) is 7.11 Å². The van der Waals surface area contributed by atoms with Crippen molar-refractivity contribution in [1.29, 1.82) is 0 Å². The lowest BCUT2D eigenvalue weighted by molar-refractivity contribution is 0.402. The van der Waals surface area contributed by atoms with Gasteiger partial charge in [0.15, 0.2) is 0 Å². The summed E-state index contributed by atoms with van der Waals surface area (Å²) >= 11 is 0. The number of nitrogens with zero attached hydrogens (tertiary/aromatic N) is 1. The Kier molecular flexibility index (Phi) is 5.41. The van der Waals surface area contributed by atoms with E-state index in [2.05, 4.69) is 16.5 Å². The largest absolute Gasteiger partial charge is 0.495 e. The van der Waals surface area contributed by atoms with Gasteiger partial charge in [-0.1, -0.05) is 13.0 Å². The molecule has 2 aromatic carbocycles. The van der Waals surface area contributed by atoms with Crippen LogP contribution in [-0.4, -0.2) is 28.6 Å². The Morgan fingerprint density at radius 2 is 1.73 bits per heavy atom. The molecule has 0 atom stereocenters. The quantitative estimate of drug-likeness (QED) is 0.858. The van der Waals surface area contributed by atoms with Crippen LogP contribution in [0, 0.1) is 12.8 Å². The summed E-state index contributed by atoms with van der Waals surface area (Å²) < 4.78 is 33.4. The zero-order valence-corrected chi connectivity index (χ0v) is 16.3. The molecule has 1 aliphatic heterocycles. The summed E-state index contributed by atoms with van der Waals surface area (Å²) in [5, 5.41) is 0. The van der Waals surface area contributed by atoms with Crippen molar-refractivity contribution in [2.24, 2.45) is 5.92 Å². The second kappa shape index (κ2) is 7.58. The Bertz CT molecular complexity index is 855. The molecule has 0 aromatic heterocycles. The molecule has 0 unspecified atom stereocenters. The number of aryl methyl sites for hydroxylation is 1. The minimum absolute atomic E-state index is 0.147. The van der Waals surface area contributed by atoms with Gasteiger partial charge in [-0.15, -0.1) is 0 Å². The Hall–Kier alpha value is -2.21. The zero-order valence-electron chi connectivity index (χ0n) is 15.5. The maximum Gasteiger partial charge on any atom is 0.265 e. The van der Waals surface area contributed by atoms with Gasteiger partial charge in [0.2, 0.25) is 0 Å². The first-order chi connectivity index (χ1) is 12.4. The Balaban J connectivity index is 1.77. The predicted molar refractivity (Wildman–Crippen MR) is 106 cm³/mol. The van der Waals surface area contributed by atoms with Crippen molar-refractivity contribution in [3.05, 3.63) is 48.0 Å². The standard InChI is InChI=1S/C20H26N2O3S/c1-15-10-12-22(13-11-15)18-7-5-17(6-8-18)21-26(23,24)20-14-16(2)4-9-19(20)25-3/h4-9,14-15,21H,10-13H2,1-3H3. The third kappa shape index (κ3) is 4.12. The summed E-state index contributed by atoms with van der Waals surface area (Å²) in [4.78, 5) is 2.50. The van der Waals surface area contributed by atoms with Gasteiger partial charge in [-0.3, -0.25) is 4.72 Å². The zero-order chi connectivity index (χ0) is 18.7. The Labute approximate surface area is 156 Å². The lowest BCUT2D eigenvalue weighted by atomic mass is 9.99. The summed E-state index contributed by atoms with van der Waals surface area (Å²) in [6.07, 6.45) is 2.39. The number of benzene rings is 2. The normalized spacial score (nSPS) is 15.7. The number of anilines is 2. The van der Waals surface area contributed by atoms with Gasteiger partial charge in [-0.2, -0.15) is 0 Å². The van der Waals surface area contributed by atoms with Crippen molar-refractivity contribution in [3.8, 4) is 5.75 Å². The van der Waals surface area contributed by atoms with Crippen molar-refractivity contribution in [2.75, 3.05) is 29.8 Å². The number of ether oxygens (including phenoxy) is 1. The maximum absolute atomic E-state index is 12.8. The molecule has 1 aliphatic rings. The van der Waals surface area contributed by atoms with Crippen LogP contribution in [-0.2, 0) is 10.0 Å². The van der Waals surface area contributed by atoms with Gasteiger partial charge in [0.1, 0.15) is 10.6 Å². The highest BCUT2D eigenvalue weighted by Crippen LogP contribution is 2.28. The molecule has 1 N–H and O–H groups in total. The van der Waals surface area contributed by atoms with Crippen molar-refractivity contribution in [2.45, 2.75) is 31.6 Å². The molecule has 1 saturated heterocycles. The Morgan fingerprint density at radius 3 is 2.35 bits per heavy atom. The number of nitrogens with one attached hydrogen (secondary N) is 1. The number of sulfonamides is 1. The molecule has 1 fully saturated rings. The van der Waals surface area contributed by atoms with Crippen molar-refractivity contribution >= 4 is 21.4 Å². The topological polar surface area (TPSA) is 58.6 Å². The van der Waals surface area contributed by atoms with Gasteiger partial charge in [0.25, 0.3) is 10.0 Å². The predicted octanol–water partition coefficient (Wildman–Crippen LogP) is 4.04. The highest BCUT2D eigenvalue weighted by molar-refractivity contribution is 7.92. The van der Waals surface area contributed by atoms with Crippen LogP contribution in [0.2, 0.25) is 0 Å². The molecular weight excluding hydrogens is 348 g/mol. The summed E-state index contributed by atoms with van der Waals surface area (Å²) in [6, 6.07) is 12.7. The molecule has 0 amide bonds. The van der Waals surface area contributed by atoms with E-state index >= 15 is 0 Å². The molecule has 0 aliphatic carbocycles. The van der Waals surface area contributed by atoms with Crippen LogP contribution >= 0.6 is 0 Å². The van der Waals surface area contributed by atoms with Crippen molar-refractivity contribution in [3.63, 3.8) is 0 Å². The fourth-order valence-electron chi connectivity index (χ4n) is 3.21. The van der Waals surface area contributed by atoms with Crippen LogP contribution in [0.15, 0.2) is 47.4 Å². The van der Waals surface area contributed by atoms with Crippen molar-refractivity contribution in [1.82, 2.24) is 0 Å². The second-order valence-electron chi connectivity index (χ2n) is 6.98. The maximum atomic E-state index is 12.8. The van der Waals surface area contributed by atoms with Crippen LogP contribution in [0.5, 0.6) is 5.75 Å². The summed E-state index contributed by atoms with van der Waals surface area (Å²) in [6.45, 7) is 6.24. The van der Waals surface area contributed by atoms with Gasteiger partial charge < -0.3 is 9.64 Å². The summed E-state index contributed by atoms with van der Waals surface area (Å²) in [5.74, 6) is 1.11. The molecule has 0 spiro atoms. The number of methoxy groups -OCH3 is 1. The van der Waals surface area contributed by atoms with E-state index in [4.69, 9.17) is 4.74 Å². The first-order valence-corrected chi connectivity index (χ1v) is 10.4. The van der Waals surface area contributed by atoms with E-state index in [0.29, 0.717) is 11.4 Å². The SMILES string of the molecule is COc1ccc(C)cc1S(=O)(=O)Nc1ccc(N2CCC(C)CC2)cc1. The lowest BCUT2D eigenvalue weighted by Crippen LogP contribution is -2.32. The highest BCUT2D eigenvalue weighted by atomic mass is 32.2. The molecular formula is C20H26N2O3S. The van der Waals surface area contributed by atoms with E-state index in [0.717, 1.165) is 30.3 Å². The van der Waals surface area contributed by atoms with E-state index in [1.165, 1.54) is 20.0 Å². The van der Waals surface area contributed by atoms with E-state index in [-0.39, 0.29) is 4.90 Å². The van der Waals surface area contributed by atoms with E-state index in [1.54, 1.807) is 12.1 Å². The fourth-order valence-corrected chi connectivity index (χ4v) is 4.52. The molecule has 0 saturated carbocycles. The van der Waals surface area contributed by atoms with Crippen LogP contribution in [0.4, 0.5) is 11.4 Å². The fraction of sp³-hybridized carbons (Fsp3) is 0.400. The molecule has 0 radical (unpaired) electrons. The third-order valence-electron chi connectivity index (χ3n) is 4.88. The highest BCUT2D eigenvalue weighted by Gasteiger charge is 2.20.